The van der Waals surface area contributed by atoms with Gasteiger partial charge >= 0.3 is 5.97 Å². The van der Waals surface area contributed by atoms with E-state index in [0.717, 1.165) is 34.5 Å². The van der Waals surface area contributed by atoms with E-state index < -0.39 is 12.1 Å². The summed E-state index contributed by atoms with van der Waals surface area (Å²) in [6.07, 6.45) is 2.79. The van der Waals surface area contributed by atoms with E-state index >= 15 is 0 Å². The molecule has 1 aliphatic heterocycles. The molecule has 35 heavy (non-hydrogen) atoms. The average molecular weight is 477 g/mol. The van der Waals surface area contributed by atoms with Gasteiger partial charge in [0.15, 0.2) is 17.6 Å². The molecule has 182 valence electrons. The van der Waals surface area contributed by atoms with Gasteiger partial charge in [-0.25, -0.2) is 4.79 Å². The highest BCUT2D eigenvalue weighted by molar-refractivity contribution is 6.00. The Morgan fingerprint density at radius 1 is 1.17 bits per heavy atom. The van der Waals surface area contributed by atoms with E-state index in [1.165, 1.54) is 6.08 Å². The second-order valence-corrected chi connectivity index (χ2v) is 8.28. The van der Waals surface area contributed by atoms with Crippen LogP contribution in [0.25, 0.3) is 6.08 Å². The zero-order chi connectivity index (χ0) is 24.9. The molecule has 0 bridgehead atoms. The van der Waals surface area contributed by atoms with Crippen LogP contribution in [0, 0.1) is 13.8 Å². The van der Waals surface area contributed by atoms with E-state index in [1.54, 1.807) is 43.2 Å². The molecule has 2 aromatic carbocycles. The topological polar surface area (TPSA) is 91.1 Å². The molecule has 3 aromatic rings. The smallest absolute Gasteiger partial charge is 0.331 e. The lowest BCUT2D eigenvalue weighted by Gasteiger charge is -2.21. The van der Waals surface area contributed by atoms with Gasteiger partial charge in [-0.3, -0.25) is 4.79 Å². The fourth-order valence-corrected chi connectivity index (χ4v) is 3.98. The van der Waals surface area contributed by atoms with Crippen LogP contribution in [0.2, 0.25) is 0 Å². The largest absolute Gasteiger partial charge is 0.493 e. The standard InChI is InChI=1S/C27H28N2O6/c1-17-22(18(2)35-28-17)16-33-24-11-9-20(15-25(24)32-4)10-12-26(30)34-19(3)27(31)29-14-13-21-7-5-6-8-23(21)29/h5-12,15,19H,13-14,16H2,1-4H3/b12-10+. The molecule has 0 fully saturated rings. The normalized spacial score (nSPS) is 13.5. The van der Waals surface area contributed by atoms with Crippen LogP contribution in [-0.4, -0.2) is 36.8 Å². The first-order chi connectivity index (χ1) is 16.9. The number of aromatic nitrogens is 1. The SMILES string of the molecule is COc1cc(/C=C/C(=O)OC(C)C(=O)N2CCc3ccccc32)ccc1OCc1c(C)noc1C. The zero-order valence-electron chi connectivity index (χ0n) is 20.2. The number of nitrogens with zero attached hydrogens (tertiary/aromatic N) is 2. The number of anilines is 1. The molecular weight excluding hydrogens is 448 g/mol. The minimum atomic E-state index is -0.895. The van der Waals surface area contributed by atoms with Crippen molar-refractivity contribution in [2.75, 3.05) is 18.6 Å². The van der Waals surface area contributed by atoms with Crippen LogP contribution in [0.4, 0.5) is 5.69 Å². The molecule has 0 spiro atoms. The number of carbonyl (C=O) groups is 2. The molecule has 1 aliphatic rings. The summed E-state index contributed by atoms with van der Waals surface area (Å²) in [5.74, 6) is 0.941. The number of hydrogen-bond donors (Lipinski definition) is 0. The molecule has 4 rings (SSSR count). The van der Waals surface area contributed by atoms with Crippen molar-refractivity contribution < 1.29 is 28.3 Å². The number of amides is 1. The van der Waals surface area contributed by atoms with Gasteiger partial charge in [-0.15, -0.1) is 0 Å². The summed E-state index contributed by atoms with van der Waals surface area (Å²) in [5, 5.41) is 3.93. The maximum Gasteiger partial charge on any atom is 0.331 e. The lowest BCUT2D eigenvalue weighted by molar-refractivity contribution is -0.149. The molecule has 2 heterocycles. The van der Waals surface area contributed by atoms with Gasteiger partial charge in [-0.1, -0.05) is 29.4 Å². The lowest BCUT2D eigenvalue weighted by atomic mass is 10.2. The Morgan fingerprint density at radius 3 is 2.71 bits per heavy atom. The Labute approximate surface area is 204 Å². The summed E-state index contributed by atoms with van der Waals surface area (Å²) in [5.41, 5.74) is 4.38. The number of rotatable bonds is 8. The van der Waals surface area contributed by atoms with Gasteiger partial charge in [0.1, 0.15) is 12.4 Å². The highest BCUT2D eigenvalue weighted by Crippen LogP contribution is 2.30. The Hall–Kier alpha value is -4.07. The van der Waals surface area contributed by atoms with E-state index in [1.807, 2.05) is 38.1 Å². The van der Waals surface area contributed by atoms with Crippen molar-refractivity contribution in [3.8, 4) is 11.5 Å². The van der Waals surface area contributed by atoms with Crippen molar-refractivity contribution in [3.63, 3.8) is 0 Å². The number of fused-ring (bicyclic) bond motifs is 1. The van der Waals surface area contributed by atoms with Crippen molar-refractivity contribution in [3.05, 3.63) is 76.7 Å². The number of para-hydroxylation sites is 1. The van der Waals surface area contributed by atoms with Gasteiger partial charge in [-0.05, 0) is 62.6 Å². The Kier molecular flexibility index (Phi) is 7.19. The van der Waals surface area contributed by atoms with E-state index in [2.05, 4.69) is 5.16 Å². The first-order valence-corrected chi connectivity index (χ1v) is 11.4. The van der Waals surface area contributed by atoms with Crippen LogP contribution in [0.3, 0.4) is 0 Å². The second kappa shape index (κ2) is 10.5. The summed E-state index contributed by atoms with van der Waals surface area (Å²) in [4.78, 5) is 26.8. The first-order valence-electron chi connectivity index (χ1n) is 11.4. The molecule has 1 unspecified atom stereocenters. The fraction of sp³-hybridized carbons (Fsp3) is 0.296. The predicted octanol–water partition coefficient (Wildman–Crippen LogP) is 4.41. The van der Waals surface area contributed by atoms with Gasteiger partial charge in [0.2, 0.25) is 0 Å². The van der Waals surface area contributed by atoms with E-state index in [4.69, 9.17) is 18.7 Å². The van der Waals surface area contributed by atoms with Crippen molar-refractivity contribution >= 4 is 23.6 Å². The van der Waals surface area contributed by atoms with Crippen LogP contribution >= 0.6 is 0 Å². The van der Waals surface area contributed by atoms with Crippen molar-refractivity contribution in [1.29, 1.82) is 0 Å². The molecule has 0 aliphatic carbocycles. The number of carbonyl (C=O) groups excluding carboxylic acids is 2. The minimum absolute atomic E-state index is 0.238. The molecule has 0 saturated carbocycles. The molecule has 1 atom stereocenters. The Morgan fingerprint density at radius 2 is 1.97 bits per heavy atom. The van der Waals surface area contributed by atoms with Gasteiger partial charge < -0.3 is 23.6 Å². The van der Waals surface area contributed by atoms with Crippen LogP contribution in [0.1, 0.15) is 35.1 Å². The summed E-state index contributed by atoms with van der Waals surface area (Å²) in [6.45, 7) is 6.16. The number of methoxy groups -OCH3 is 1. The van der Waals surface area contributed by atoms with Crippen LogP contribution in [0.5, 0.6) is 11.5 Å². The Bertz CT molecular complexity index is 1240. The van der Waals surface area contributed by atoms with E-state index in [-0.39, 0.29) is 5.91 Å². The van der Waals surface area contributed by atoms with Gasteiger partial charge in [-0.2, -0.15) is 0 Å². The summed E-state index contributed by atoms with van der Waals surface area (Å²) < 4.78 is 21.8. The van der Waals surface area contributed by atoms with Crippen LogP contribution in [-0.2, 0) is 27.4 Å². The van der Waals surface area contributed by atoms with E-state index in [0.29, 0.717) is 30.4 Å². The van der Waals surface area contributed by atoms with Crippen molar-refractivity contribution in [1.82, 2.24) is 5.16 Å². The van der Waals surface area contributed by atoms with Gasteiger partial charge in [0, 0.05) is 18.3 Å². The summed E-state index contributed by atoms with van der Waals surface area (Å²) in [7, 11) is 1.55. The third kappa shape index (κ3) is 5.37. The third-order valence-electron chi connectivity index (χ3n) is 5.95. The number of ether oxygens (including phenoxy) is 3. The molecule has 0 radical (unpaired) electrons. The summed E-state index contributed by atoms with van der Waals surface area (Å²) >= 11 is 0. The fourth-order valence-electron chi connectivity index (χ4n) is 3.98. The molecule has 8 heteroatoms. The van der Waals surface area contributed by atoms with Crippen molar-refractivity contribution in [2.45, 2.75) is 39.9 Å². The number of benzene rings is 2. The van der Waals surface area contributed by atoms with Crippen molar-refractivity contribution in [2.24, 2.45) is 0 Å². The molecule has 1 amide bonds. The molecule has 1 aromatic heterocycles. The Balaban J connectivity index is 1.35. The zero-order valence-corrected chi connectivity index (χ0v) is 20.2. The van der Waals surface area contributed by atoms with E-state index in [9.17, 15) is 9.59 Å². The highest BCUT2D eigenvalue weighted by Gasteiger charge is 2.29. The van der Waals surface area contributed by atoms with Gasteiger partial charge in [0.05, 0.1) is 18.4 Å². The maximum absolute atomic E-state index is 12.8. The summed E-state index contributed by atoms with van der Waals surface area (Å²) in [6, 6.07) is 13.1. The van der Waals surface area contributed by atoms with Crippen LogP contribution < -0.4 is 14.4 Å². The minimum Gasteiger partial charge on any atom is -0.493 e. The molecule has 8 nitrogen and oxygen atoms in total. The predicted molar refractivity (Wildman–Crippen MR) is 130 cm³/mol. The molecule has 0 N–H and O–H groups in total. The quantitative estimate of drug-likeness (QED) is 0.351. The third-order valence-corrected chi connectivity index (χ3v) is 5.95. The maximum atomic E-state index is 12.8. The highest BCUT2D eigenvalue weighted by atomic mass is 16.5. The van der Waals surface area contributed by atoms with Gasteiger partial charge in [0.25, 0.3) is 5.91 Å². The lowest BCUT2D eigenvalue weighted by Crippen LogP contribution is -2.38. The van der Waals surface area contributed by atoms with Crippen LogP contribution in [0.15, 0.2) is 53.1 Å². The number of hydrogen-bond acceptors (Lipinski definition) is 7. The first kappa shape index (κ1) is 24.1. The molecular formula is C27H28N2O6. The monoisotopic (exact) mass is 476 g/mol. The number of aryl methyl sites for hydroxylation is 2. The molecule has 0 saturated heterocycles. The average Bonchev–Trinajstić information content (AvgIpc) is 3.43. The number of esters is 1. The second-order valence-electron chi connectivity index (χ2n) is 8.28.